The Labute approximate surface area is 106 Å². The molecule has 96 valence electrons. The van der Waals surface area contributed by atoms with E-state index in [1.807, 2.05) is 6.08 Å². The van der Waals surface area contributed by atoms with Gasteiger partial charge in [0, 0.05) is 31.7 Å². The van der Waals surface area contributed by atoms with Crippen molar-refractivity contribution in [3.8, 4) is 0 Å². The highest BCUT2D eigenvalue weighted by molar-refractivity contribution is 5.35. The van der Waals surface area contributed by atoms with Gasteiger partial charge < -0.3 is 4.90 Å². The van der Waals surface area contributed by atoms with Gasteiger partial charge in [-0.2, -0.15) is 0 Å². The highest BCUT2D eigenvalue weighted by atomic mass is 19.1. The minimum Gasteiger partial charge on any atom is -0.336 e. The van der Waals surface area contributed by atoms with E-state index in [2.05, 4.69) is 26.3 Å². The zero-order valence-corrected chi connectivity index (χ0v) is 10.3. The minimum atomic E-state index is -0.380. The van der Waals surface area contributed by atoms with Crippen molar-refractivity contribution < 1.29 is 4.39 Å². The van der Waals surface area contributed by atoms with Crippen LogP contribution in [0.4, 0.5) is 10.3 Å². The molecule has 4 nitrogen and oxygen atoms in total. The first kappa shape index (κ1) is 11.6. The summed E-state index contributed by atoms with van der Waals surface area (Å²) in [6, 6.07) is 1.03. The molecule has 0 spiro atoms. The number of anilines is 1. The van der Waals surface area contributed by atoms with Crippen LogP contribution in [0.15, 0.2) is 25.0 Å². The van der Waals surface area contributed by atoms with Gasteiger partial charge in [0.2, 0.25) is 5.95 Å². The molecule has 2 saturated heterocycles. The standard InChI is InChI=1S/C13H17FN4/c1-2-5-17-6-3-12-11(17)4-7-18(12)13-15-8-10(14)9-16-13/h2,8-9,11-12H,1,3-7H2/t11-,12+/m0/s1. The van der Waals surface area contributed by atoms with E-state index in [0.29, 0.717) is 18.0 Å². The lowest BCUT2D eigenvalue weighted by atomic mass is 10.1. The van der Waals surface area contributed by atoms with Crippen LogP contribution < -0.4 is 4.90 Å². The Kier molecular flexibility index (Phi) is 2.99. The van der Waals surface area contributed by atoms with Gasteiger partial charge >= 0.3 is 0 Å². The zero-order valence-electron chi connectivity index (χ0n) is 10.3. The van der Waals surface area contributed by atoms with Crippen LogP contribution in [0.1, 0.15) is 12.8 Å². The van der Waals surface area contributed by atoms with Crippen molar-refractivity contribution in [3.63, 3.8) is 0 Å². The average Bonchev–Trinajstić information content (AvgIpc) is 2.94. The molecule has 0 aromatic carbocycles. The van der Waals surface area contributed by atoms with Crippen molar-refractivity contribution in [1.82, 2.24) is 14.9 Å². The minimum absolute atomic E-state index is 0.380. The molecule has 18 heavy (non-hydrogen) atoms. The number of halogens is 1. The van der Waals surface area contributed by atoms with Crippen molar-refractivity contribution in [2.24, 2.45) is 0 Å². The molecule has 0 bridgehead atoms. The van der Waals surface area contributed by atoms with Crippen LogP contribution in [0.3, 0.4) is 0 Å². The molecule has 1 aromatic rings. The Hall–Kier alpha value is -1.49. The number of hydrogen-bond acceptors (Lipinski definition) is 4. The van der Waals surface area contributed by atoms with Gasteiger partial charge in [-0.1, -0.05) is 6.08 Å². The molecule has 2 aliphatic rings. The first-order valence-corrected chi connectivity index (χ1v) is 6.38. The van der Waals surface area contributed by atoms with Gasteiger partial charge in [-0.25, -0.2) is 14.4 Å². The smallest absolute Gasteiger partial charge is 0.225 e. The summed E-state index contributed by atoms with van der Waals surface area (Å²) in [6.45, 7) is 6.80. The van der Waals surface area contributed by atoms with Crippen molar-refractivity contribution in [1.29, 1.82) is 0 Å². The second-order valence-corrected chi connectivity index (χ2v) is 4.89. The van der Waals surface area contributed by atoms with E-state index in [1.165, 1.54) is 12.4 Å². The van der Waals surface area contributed by atoms with Crippen molar-refractivity contribution in [2.45, 2.75) is 24.9 Å². The molecule has 0 N–H and O–H groups in total. The third-order valence-corrected chi connectivity index (χ3v) is 3.92. The first-order chi connectivity index (χ1) is 8.79. The summed E-state index contributed by atoms with van der Waals surface area (Å²) in [5.74, 6) is 0.276. The fourth-order valence-corrected chi connectivity index (χ4v) is 3.17. The van der Waals surface area contributed by atoms with Crippen LogP contribution in [-0.2, 0) is 0 Å². The molecular weight excluding hydrogens is 231 g/mol. The van der Waals surface area contributed by atoms with Gasteiger partial charge in [0.05, 0.1) is 12.4 Å². The summed E-state index contributed by atoms with van der Waals surface area (Å²) in [5, 5.41) is 0. The maximum absolute atomic E-state index is 12.8. The monoisotopic (exact) mass is 248 g/mol. The van der Waals surface area contributed by atoms with E-state index in [4.69, 9.17) is 0 Å². The van der Waals surface area contributed by atoms with Crippen LogP contribution in [0.25, 0.3) is 0 Å². The van der Waals surface area contributed by atoms with E-state index in [9.17, 15) is 4.39 Å². The third-order valence-electron chi connectivity index (χ3n) is 3.92. The average molecular weight is 248 g/mol. The molecule has 0 unspecified atom stereocenters. The van der Waals surface area contributed by atoms with Crippen LogP contribution in [0.5, 0.6) is 0 Å². The van der Waals surface area contributed by atoms with Crippen LogP contribution >= 0.6 is 0 Å². The summed E-state index contributed by atoms with van der Waals surface area (Å²) in [6.07, 6.45) is 6.69. The number of likely N-dealkylation sites (tertiary alicyclic amines) is 1. The second kappa shape index (κ2) is 4.65. The Bertz CT molecular complexity index is 433. The fraction of sp³-hybridized carbons (Fsp3) is 0.538. The molecule has 3 rings (SSSR count). The van der Waals surface area contributed by atoms with E-state index in [-0.39, 0.29) is 5.82 Å². The number of hydrogen-bond donors (Lipinski definition) is 0. The molecule has 0 aliphatic carbocycles. The van der Waals surface area contributed by atoms with E-state index in [1.54, 1.807) is 0 Å². The summed E-state index contributed by atoms with van der Waals surface area (Å²) in [4.78, 5) is 12.9. The highest BCUT2D eigenvalue weighted by Crippen LogP contribution is 2.33. The van der Waals surface area contributed by atoms with E-state index in [0.717, 1.165) is 32.5 Å². The lowest BCUT2D eigenvalue weighted by Crippen LogP contribution is -2.37. The Morgan fingerprint density at radius 3 is 2.72 bits per heavy atom. The molecular formula is C13H17FN4. The molecule has 0 amide bonds. The van der Waals surface area contributed by atoms with E-state index < -0.39 is 0 Å². The largest absolute Gasteiger partial charge is 0.336 e. The zero-order chi connectivity index (χ0) is 12.5. The number of aromatic nitrogens is 2. The van der Waals surface area contributed by atoms with Crippen molar-refractivity contribution in [2.75, 3.05) is 24.5 Å². The SMILES string of the molecule is C=CCN1CC[C@@H]2[C@@H]1CCN2c1ncc(F)cn1. The quantitative estimate of drug-likeness (QED) is 0.758. The van der Waals surface area contributed by atoms with E-state index >= 15 is 0 Å². The molecule has 2 aliphatic heterocycles. The second-order valence-electron chi connectivity index (χ2n) is 4.89. The summed E-state index contributed by atoms with van der Waals surface area (Å²) in [5.41, 5.74) is 0. The summed E-state index contributed by atoms with van der Waals surface area (Å²) >= 11 is 0. The molecule has 1 aromatic heterocycles. The summed E-state index contributed by atoms with van der Waals surface area (Å²) < 4.78 is 12.8. The summed E-state index contributed by atoms with van der Waals surface area (Å²) in [7, 11) is 0. The van der Waals surface area contributed by atoms with Gasteiger partial charge in [-0.3, -0.25) is 4.90 Å². The maximum Gasteiger partial charge on any atom is 0.225 e. The van der Waals surface area contributed by atoms with Crippen LogP contribution in [0.2, 0.25) is 0 Å². The molecule has 5 heteroatoms. The fourth-order valence-electron chi connectivity index (χ4n) is 3.17. The normalized spacial score (nSPS) is 27.5. The Morgan fingerprint density at radius 2 is 2.00 bits per heavy atom. The molecule has 2 fully saturated rings. The topological polar surface area (TPSA) is 32.3 Å². The van der Waals surface area contributed by atoms with Crippen molar-refractivity contribution >= 4 is 5.95 Å². The van der Waals surface area contributed by atoms with Gasteiger partial charge in [-0.15, -0.1) is 6.58 Å². The van der Waals surface area contributed by atoms with Gasteiger partial charge in [-0.05, 0) is 12.8 Å². The predicted molar refractivity (Wildman–Crippen MR) is 67.9 cm³/mol. The highest BCUT2D eigenvalue weighted by Gasteiger charge is 2.42. The Balaban J connectivity index is 1.77. The number of fused-ring (bicyclic) bond motifs is 1. The third kappa shape index (κ3) is 1.88. The van der Waals surface area contributed by atoms with Crippen molar-refractivity contribution in [3.05, 3.63) is 30.9 Å². The van der Waals surface area contributed by atoms with Crippen LogP contribution in [-0.4, -0.2) is 46.6 Å². The van der Waals surface area contributed by atoms with Gasteiger partial charge in [0.25, 0.3) is 0 Å². The lowest BCUT2D eigenvalue weighted by Gasteiger charge is -2.24. The van der Waals surface area contributed by atoms with Gasteiger partial charge in [0.15, 0.2) is 5.82 Å². The molecule has 0 radical (unpaired) electrons. The lowest BCUT2D eigenvalue weighted by molar-refractivity contribution is 0.281. The molecule has 2 atom stereocenters. The maximum atomic E-state index is 12.8. The first-order valence-electron chi connectivity index (χ1n) is 6.38. The molecule has 3 heterocycles. The van der Waals surface area contributed by atoms with Gasteiger partial charge in [0.1, 0.15) is 0 Å². The molecule has 0 saturated carbocycles. The predicted octanol–water partition coefficient (Wildman–Crippen LogP) is 1.45. The number of nitrogens with zero attached hydrogens (tertiary/aromatic N) is 4. The Morgan fingerprint density at radius 1 is 1.28 bits per heavy atom. The number of rotatable bonds is 3. The van der Waals surface area contributed by atoms with Crippen LogP contribution in [0, 0.1) is 5.82 Å².